The van der Waals surface area contributed by atoms with Gasteiger partial charge >= 0.3 is 17.8 Å². The number of nitrogens with zero attached hydrogens (tertiary/aromatic N) is 1. The quantitative estimate of drug-likeness (QED) is 0.190. The van der Waals surface area contributed by atoms with Crippen LogP contribution in [0.25, 0.3) is 0 Å². The van der Waals surface area contributed by atoms with Crippen molar-refractivity contribution in [1.29, 1.82) is 0 Å². The molecule has 0 unspecified atom stereocenters. The lowest BCUT2D eigenvalue weighted by Crippen LogP contribution is -2.32. The van der Waals surface area contributed by atoms with Crippen LogP contribution in [-0.2, 0) is 9.59 Å². The molecule has 0 spiro atoms. The van der Waals surface area contributed by atoms with Crippen molar-refractivity contribution in [2.75, 3.05) is 5.32 Å². The summed E-state index contributed by atoms with van der Waals surface area (Å²) < 4.78 is 18.5. The molecule has 3 rings (SSSR count). The number of benzene rings is 3. The van der Waals surface area contributed by atoms with Gasteiger partial charge in [-0.15, -0.1) is 0 Å². The summed E-state index contributed by atoms with van der Waals surface area (Å²) >= 11 is 5.65. The van der Waals surface area contributed by atoms with Gasteiger partial charge in [-0.2, -0.15) is 5.10 Å². The zero-order valence-corrected chi connectivity index (χ0v) is 18.4. The Morgan fingerprint density at radius 3 is 2.18 bits per heavy atom. The van der Waals surface area contributed by atoms with Crippen molar-refractivity contribution in [3.05, 3.63) is 94.3 Å². The van der Waals surface area contributed by atoms with Crippen LogP contribution in [0.5, 0.6) is 5.75 Å². The highest BCUT2D eigenvalue weighted by molar-refractivity contribution is 6.40. The number of esters is 1. The molecule has 0 fully saturated rings. The van der Waals surface area contributed by atoms with Gasteiger partial charge in [-0.25, -0.2) is 14.6 Å². The van der Waals surface area contributed by atoms with Gasteiger partial charge < -0.3 is 10.1 Å². The number of rotatable bonds is 5. The fourth-order valence-corrected chi connectivity index (χ4v) is 2.81. The summed E-state index contributed by atoms with van der Waals surface area (Å²) in [6.07, 6.45) is 0. The molecule has 168 valence electrons. The van der Waals surface area contributed by atoms with Crippen molar-refractivity contribution in [3.63, 3.8) is 0 Å². The predicted molar refractivity (Wildman–Crippen MR) is 123 cm³/mol. The first-order valence-corrected chi connectivity index (χ1v) is 10.1. The normalized spacial score (nSPS) is 11.0. The Bertz CT molecular complexity index is 1230. The molecule has 3 aromatic carbocycles. The zero-order chi connectivity index (χ0) is 24.0. The van der Waals surface area contributed by atoms with Crippen LogP contribution in [0.3, 0.4) is 0 Å². The molecule has 0 radical (unpaired) electrons. The second-order valence-corrected chi connectivity index (χ2v) is 7.41. The lowest BCUT2D eigenvalue weighted by Gasteiger charge is -2.07. The third kappa shape index (κ3) is 6.47. The van der Waals surface area contributed by atoms with Crippen molar-refractivity contribution < 1.29 is 23.5 Å². The Kier molecular flexibility index (Phi) is 7.53. The number of ether oxygens (including phenoxy) is 1. The first-order valence-electron chi connectivity index (χ1n) is 9.73. The van der Waals surface area contributed by atoms with E-state index in [2.05, 4.69) is 15.8 Å². The number of hydrogen-bond donors (Lipinski definition) is 2. The van der Waals surface area contributed by atoms with E-state index in [4.69, 9.17) is 16.3 Å². The summed E-state index contributed by atoms with van der Waals surface area (Å²) in [6.45, 7) is 3.55. The number of amides is 2. The Morgan fingerprint density at radius 2 is 1.55 bits per heavy atom. The lowest BCUT2D eigenvalue weighted by atomic mass is 10.1. The molecule has 7 nitrogen and oxygen atoms in total. The van der Waals surface area contributed by atoms with Gasteiger partial charge in [0.05, 0.1) is 16.3 Å². The highest BCUT2D eigenvalue weighted by Crippen LogP contribution is 2.19. The number of carbonyl (C=O) groups is 3. The van der Waals surface area contributed by atoms with Crippen molar-refractivity contribution in [2.24, 2.45) is 5.10 Å². The fourth-order valence-electron chi connectivity index (χ4n) is 2.63. The molecule has 0 aliphatic rings. The lowest BCUT2D eigenvalue weighted by molar-refractivity contribution is -0.136. The largest absolute Gasteiger partial charge is 0.423 e. The van der Waals surface area contributed by atoms with Crippen LogP contribution >= 0.6 is 11.6 Å². The second-order valence-electron chi connectivity index (χ2n) is 7.00. The van der Waals surface area contributed by atoms with E-state index in [9.17, 15) is 18.8 Å². The molecular weight excluding hydrogens is 449 g/mol. The van der Waals surface area contributed by atoms with Crippen LogP contribution in [0.1, 0.15) is 28.4 Å². The van der Waals surface area contributed by atoms with Crippen LogP contribution in [0, 0.1) is 12.7 Å². The molecule has 0 atom stereocenters. The molecule has 33 heavy (non-hydrogen) atoms. The van der Waals surface area contributed by atoms with Gasteiger partial charge in [-0.3, -0.25) is 9.59 Å². The standard InChI is InChI=1S/C24H19ClFN3O4/c1-14-3-5-17(6-4-14)24(32)33-19-10-7-16(8-11-19)15(2)28-29-23(31)22(30)27-18-9-12-21(26)20(25)13-18/h3-13H,1-2H3,(H,27,30)(H,29,31). The Hall–Kier alpha value is -4.04. The summed E-state index contributed by atoms with van der Waals surface area (Å²) in [7, 11) is 0. The van der Waals surface area contributed by atoms with Gasteiger partial charge in [0.15, 0.2) is 0 Å². The van der Waals surface area contributed by atoms with E-state index in [0.29, 0.717) is 22.6 Å². The topological polar surface area (TPSA) is 96.9 Å². The first-order chi connectivity index (χ1) is 15.7. The van der Waals surface area contributed by atoms with Gasteiger partial charge in [-0.05, 0) is 74.0 Å². The number of hydrazone groups is 1. The maximum atomic E-state index is 13.2. The third-order valence-corrected chi connectivity index (χ3v) is 4.77. The maximum absolute atomic E-state index is 13.2. The summed E-state index contributed by atoms with van der Waals surface area (Å²) in [5.41, 5.74) is 4.83. The minimum Gasteiger partial charge on any atom is -0.423 e. The average Bonchev–Trinajstić information content (AvgIpc) is 2.80. The van der Waals surface area contributed by atoms with Crippen molar-refractivity contribution in [3.8, 4) is 5.75 Å². The summed E-state index contributed by atoms with van der Waals surface area (Å²) in [5, 5.41) is 6.01. The molecular formula is C24H19ClFN3O4. The minimum absolute atomic E-state index is 0.165. The smallest absolute Gasteiger partial charge is 0.343 e. The van der Waals surface area contributed by atoms with Crippen LogP contribution in [-0.4, -0.2) is 23.5 Å². The molecule has 9 heteroatoms. The monoisotopic (exact) mass is 467 g/mol. The van der Waals surface area contributed by atoms with Crippen molar-refractivity contribution in [1.82, 2.24) is 5.43 Å². The van der Waals surface area contributed by atoms with Crippen LogP contribution in [0.15, 0.2) is 71.8 Å². The molecule has 0 heterocycles. The summed E-state index contributed by atoms with van der Waals surface area (Å²) in [6, 6.07) is 17.0. The molecule has 0 aliphatic heterocycles. The van der Waals surface area contributed by atoms with Crippen molar-refractivity contribution in [2.45, 2.75) is 13.8 Å². The summed E-state index contributed by atoms with van der Waals surface area (Å²) in [5.74, 6) is -2.78. The Morgan fingerprint density at radius 1 is 0.909 bits per heavy atom. The van der Waals surface area contributed by atoms with Gasteiger partial charge in [0.1, 0.15) is 11.6 Å². The van der Waals surface area contributed by atoms with E-state index in [0.717, 1.165) is 11.6 Å². The maximum Gasteiger partial charge on any atom is 0.343 e. The van der Waals surface area contributed by atoms with Gasteiger partial charge in [0, 0.05) is 5.69 Å². The van der Waals surface area contributed by atoms with E-state index in [1.54, 1.807) is 43.3 Å². The fraction of sp³-hybridized carbons (Fsp3) is 0.0833. The Balaban J connectivity index is 1.56. The minimum atomic E-state index is -1.02. The molecule has 2 amide bonds. The highest BCUT2D eigenvalue weighted by Gasteiger charge is 2.14. The number of hydrogen-bond acceptors (Lipinski definition) is 5. The molecule has 0 aromatic heterocycles. The molecule has 3 aromatic rings. The average molecular weight is 468 g/mol. The molecule has 0 saturated carbocycles. The van der Waals surface area contributed by atoms with E-state index in [1.807, 2.05) is 19.1 Å². The third-order valence-electron chi connectivity index (χ3n) is 4.48. The van der Waals surface area contributed by atoms with Crippen molar-refractivity contribution >= 4 is 40.8 Å². The first kappa shape index (κ1) is 23.6. The Labute approximate surface area is 194 Å². The number of aryl methyl sites for hydroxylation is 1. The van der Waals surface area contributed by atoms with Crippen LogP contribution < -0.4 is 15.5 Å². The van der Waals surface area contributed by atoms with Gasteiger partial charge in [0.25, 0.3) is 0 Å². The number of nitrogens with one attached hydrogen (secondary N) is 2. The molecule has 2 N–H and O–H groups in total. The molecule has 0 bridgehead atoms. The molecule has 0 aliphatic carbocycles. The SMILES string of the molecule is CC(=NNC(=O)C(=O)Nc1ccc(F)c(Cl)c1)c1ccc(OC(=O)c2ccc(C)cc2)cc1. The predicted octanol–water partition coefficient (Wildman–Crippen LogP) is 4.49. The van der Waals surface area contributed by atoms with Crippen LogP contribution in [0.2, 0.25) is 5.02 Å². The highest BCUT2D eigenvalue weighted by atomic mass is 35.5. The van der Waals surface area contributed by atoms with Gasteiger partial charge in [0.2, 0.25) is 0 Å². The van der Waals surface area contributed by atoms with E-state index in [-0.39, 0.29) is 10.7 Å². The van der Waals surface area contributed by atoms with E-state index >= 15 is 0 Å². The molecule has 0 saturated heterocycles. The number of anilines is 1. The van der Waals surface area contributed by atoms with E-state index < -0.39 is 23.6 Å². The second kappa shape index (κ2) is 10.5. The number of halogens is 2. The van der Waals surface area contributed by atoms with Crippen LogP contribution in [0.4, 0.5) is 10.1 Å². The summed E-state index contributed by atoms with van der Waals surface area (Å²) in [4.78, 5) is 36.1. The van der Waals surface area contributed by atoms with Gasteiger partial charge in [-0.1, -0.05) is 29.3 Å². The van der Waals surface area contributed by atoms with E-state index in [1.165, 1.54) is 12.1 Å². The zero-order valence-electron chi connectivity index (χ0n) is 17.7. The number of carbonyl (C=O) groups excluding carboxylic acids is 3.